The molecule has 0 unspecified atom stereocenters. The molecule has 0 atom stereocenters. The molecule has 8 nitrogen and oxygen atoms in total. The van der Waals surface area contributed by atoms with Gasteiger partial charge in [0, 0.05) is 5.56 Å². The molecular formula is C17H16N6O2S. The minimum absolute atomic E-state index is 0.443. The van der Waals surface area contributed by atoms with Gasteiger partial charge < -0.3 is 14.8 Å². The lowest BCUT2D eigenvalue weighted by Crippen LogP contribution is -2.11. The van der Waals surface area contributed by atoms with Crippen molar-refractivity contribution >= 4 is 11.8 Å². The summed E-state index contributed by atoms with van der Waals surface area (Å²) >= 11 is 1.37. The summed E-state index contributed by atoms with van der Waals surface area (Å²) < 4.78 is 12.1. The smallest absolute Gasteiger partial charge is 0.237 e. The van der Waals surface area contributed by atoms with Gasteiger partial charge >= 0.3 is 0 Å². The van der Waals surface area contributed by atoms with Crippen LogP contribution in [0.3, 0.4) is 0 Å². The van der Waals surface area contributed by atoms with Crippen LogP contribution >= 0.6 is 11.8 Å². The van der Waals surface area contributed by atoms with Gasteiger partial charge in [0.25, 0.3) is 0 Å². The lowest BCUT2D eigenvalue weighted by atomic mass is 10.1. The fourth-order valence-corrected chi connectivity index (χ4v) is 3.24. The second kappa shape index (κ2) is 6.68. The van der Waals surface area contributed by atoms with E-state index in [9.17, 15) is 0 Å². The maximum Gasteiger partial charge on any atom is 0.237 e. The Bertz CT molecular complexity index is 1050. The Morgan fingerprint density at radius 3 is 2.73 bits per heavy atom. The molecule has 0 bridgehead atoms. The third-order valence-electron chi connectivity index (χ3n) is 3.94. The summed E-state index contributed by atoms with van der Waals surface area (Å²) in [7, 11) is 0. The molecule has 0 radical (unpaired) electrons. The predicted octanol–water partition coefficient (Wildman–Crippen LogP) is 3.21. The number of hydrogen-bond donors (Lipinski definition) is 1. The Labute approximate surface area is 153 Å². The largest absolute Gasteiger partial charge is 0.469 e. The molecule has 132 valence electrons. The zero-order valence-corrected chi connectivity index (χ0v) is 15.0. The molecule has 0 aliphatic carbocycles. The molecule has 3 heterocycles. The van der Waals surface area contributed by atoms with Crippen molar-refractivity contribution in [3.8, 4) is 22.8 Å². The maximum atomic E-state index is 6.11. The maximum absolute atomic E-state index is 6.11. The molecule has 26 heavy (non-hydrogen) atoms. The third-order valence-corrected chi connectivity index (χ3v) is 4.87. The van der Waals surface area contributed by atoms with Crippen LogP contribution < -0.4 is 5.84 Å². The Kier molecular flexibility index (Phi) is 4.21. The van der Waals surface area contributed by atoms with Gasteiger partial charge in [0.1, 0.15) is 5.76 Å². The number of furan rings is 1. The van der Waals surface area contributed by atoms with Gasteiger partial charge in [-0.05, 0) is 25.5 Å². The lowest BCUT2D eigenvalue weighted by Gasteiger charge is -2.01. The summed E-state index contributed by atoms with van der Waals surface area (Å²) in [5.41, 5.74) is 2.85. The first-order valence-corrected chi connectivity index (χ1v) is 8.88. The van der Waals surface area contributed by atoms with Gasteiger partial charge in [-0.3, -0.25) is 0 Å². The number of aryl methyl sites for hydroxylation is 2. The predicted molar refractivity (Wildman–Crippen MR) is 96.6 cm³/mol. The van der Waals surface area contributed by atoms with Crippen LogP contribution in [0.4, 0.5) is 0 Å². The fourth-order valence-electron chi connectivity index (χ4n) is 2.55. The summed E-state index contributed by atoms with van der Waals surface area (Å²) in [6, 6.07) is 9.71. The van der Waals surface area contributed by atoms with E-state index in [1.54, 1.807) is 6.26 Å². The van der Waals surface area contributed by atoms with E-state index in [1.165, 1.54) is 16.4 Å². The van der Waals surface area contributed by atoms with Crippen molar-refractivity contribution in [3.05, 3.63) is 53.8 Å². The van der Waals surface area contributed by atoms with Crippen LogP contribution in [0.2, 0.25) is 0 Å². The second-order valence-electron chi connectivity index (χ2n) is 5.68. The zero-order valence-electron chi connectivity index (χ0n) is 14.2. The first-order valence-electron chi connectivity index (χ1n) is 7.90. The molecule has 0 saturated heterocycles. The molecule has 1 aromatic carbocycles. The van der Waals surface area contributed by atoms with Crippen LogP contribution in [-0.2, 0) is 5.75 Å². The minimum atomic E-state index is 0.443. The van der Waals surface area contributed by atoms with Crippen molar-refractivity contribution in [2.24, 2.45) is 0 Å². The molecule has 4 rings (SSSR count). The number of nitrogen functional groups attached to an aromatic ring is 1. The van der Waals surface area contributed by atoms with Gasteiger partial charge in [0.05, 0.1) is 17.6 Å². The molecule has 4 aromatic rings. The van der Waals surface area contributed by atoms with Crippen LogP contribution in [-0.4, -0.2) is 25.0 Å². The van der Waals surface area contributed by atoms with E-state index < -0.39 is 0 Å². The lowest BCUT2D eigenvalue weighted by molar-refractivity contribution is 0.391. The highest BCUT2D eigenvalue weighted by Crippen LogP contribution is 2.27. The first-order chi connectivity index (χ1) is 12.6. The van der Waals surface area contributed by atoms with Gasteiger partial charge in [-0.25, -0.2) is 4.68 Å². The van der Waals surface area contributed by atoms with Crippen molar-refractivity contribution in [2.75, 3.05) is 5.84 Å². The van der Waals surface area contributed by atoms with Crippen LogP contribution in [0.1, 0.15) is 17.2 Å². The standard InChI is InChI=1S/C17H16N6O2S/c1-10-5-3-4-6-12(10)15-19-14(25-22-15)9-26-17-21-20-16(23(17)18)13-7-8-24-11(13)2/h3-8H,9,18H2,1-2H3. The average Bonchev–Trinajstić information content (AvgIpc) is 3.34. The Balaban J connectivity index is 1.50. The molecule has 0 spiro atoms. The molecule has 9 heteroatoms. The third kappa shape index (κ3) is 2.97. The first kappa shape index (κ1) is 16.4. The van der Waals surface area contributed by atoms with Gasteiger partial charge in [-0.15, -0.1) is 10.2 Å². The van der Waals surface area contributed by atoms with E-state index >= 15 is 0 Å². The normalized spacial score (nSPS) is 11.2. The molecule has 0 aliphatic heterocycles. The molecule has 0 amide bonds. The molecule has 0 saturated carbocycles. The fraction of sp³-hybridized carbons (Fsp3) is 0.176. The Hall–Kier alpha value is -3.07. The zero-order chi connectivity index (χ0) is 18.1. The van der Waals surface area contributed by atoms with E-state index in [0.29, 0.717) is 28.4 Å². The van der Waals surface area contributed by atoms with Gasteiger partial charge in [-0.2, -0.15) is 4.98 Å². The Morgan fingerprint density at radius 2 is 1.96 bits per heavy atom. The van der Waals surface area contributed by atoms with Crippen molar-refractivity contribution in [1.29, 1.82) is 0 Å². The summed E-state index contributed by atoms with van der Waals surface area (Å²) in [6.45, 7) is 3.86. The SMILES string of the molecule is Cc1ccccc1-c1noc(CSc2nnc(-c3ccoc3C)n2N)n1. The molecule has 0 aliphatic rings. The van der Waals surface area contributed by atoms with E-state index in [2.05, 4.69) is 20.3 Å². The molecular weight excluding hydrogens is 352 g/mol. The topological polar surface area (TPSA) is 109 Å². The van der Waals surface area contributed by atoms with Crippen molar-refractivity contribution in [2.45, 2.75) is 24.8 Å². The number of rotatable bonds is 5. The monoisotopic (exact) mass is 368 g/mol. The van der Waals surface area contributed by atoms with Gasteiger partial charge in [0.15, 0.2) is 5.82 Å². The number of benzene rings is 1. The average molecular weight is 368 g/mol. The van der Waals surface area contributed by atoms with Crippen LogP contribution in [0.25, 0.3) is 22.8 Å². The summed E-state index contributed by atoms with van der Waals surface area (Å²) in [5.74, 6) is 8.90. The molecule has 0 fully saturated rings. The molecule has 3 aromatic heterocycles. The van der Waals surface area contributed by atoms with E-state index in [-0.39, 0.29) is 0 Å². The second-order valence-corrected chi connectivity index (χ2v) is 6.62. The molecule has 2 N–H and O–H groups in total. The van der Waals surface area contributed by atoms with E-state index in [0.717, 1.165) is 22.5 Å². The van der Waals surface area contributed by atoms with E-state index in [1.807, 2.05) is 44.2 Å². The number of thioether (sulfide) groups is 1. The van der Waals surface area contributed by atoms with Crippen LogP contribution in [0.5, 0.6) is 0 Å². The highest BCUT2D eigenvalue weighted by atomic mass is 32.2. The van der Waals surface area contributed by atoms with Crippen molar-refractivity contribution in [3.63, 3.8) is 0 Å². The number of aromatic nitrogens is 5. The summed E-state index contributed by atoms with van der Waals surface area (Å²) in [4.78, 5) is 4.45. The number of hydrogen-bond acceptors (Lipinski definition) is 8. The minimum Gasteiger partial charge on any atom is -0.469 e. The quantitative estimate of drug-likeness (QED) is 0.422. The Morgan fingerprint density at radius 1 is 1.12 bits per heavy atom. The number of nitrogens with zero attached hydrogens (tertiary/aromatic N) is 5. The van der Waals surface area contributed by atoms with Gasteiger partial charge in [-0.1, -0.05) is 41.2 Å². The number of nitrogens with two attached hydrogens (primary N) is 1. The van der Waals surface area contributed by atoms with Gasteiger partial charge in [0.2, 0.25) is 16.9 Å². The highest BCUT2D eigenvalue weighted by molar-refractivity contribution is 7.98. The summed E-state index contributed by atoms with van der Waals surface area (Å²) in [6.07, 6.45) is 1.59. The van der Waals surface area contributed by atoms with Crippen molar-refractivity contribution in [1.82, 2.24) is 25.0 Å². The summed E-state index contributed by atoms with van der Waals surface area (Å²) in [5, 5.41) is 12.9. The van der Waals surface area contributed by atoms with Crippen LogP contribution in [0, 0.1) is 13.8 Å². The highest BCUT2D eigenvalue weighted by Gasteiger charge is 2.17. The van der Waals surface area contributed by atoms with Crippen LogP contribution in [0.15, 0.2) is 50.7 Å². The van der Waals surface area contributed by atoms with Crippen molar-refractivity contribution < 1.29 is 8.94 Å². The van der Waals surface area contributed by atoms with E-state index in [4.69, 9.17) is 14.8 Å².